The first kappa shape index (κ1) is 12.6. The number of anilines is 1. The van der Waals surface area contributed by atoms with Gasteiger partial charge in [-0.25, -0.2) is 13.1 Å². The summed E-state index contributed by atoms with van der Waals surface area (Å²) in [5.74, 6) is -0.635. The van der Waals surface area contributed by atoms with Crippen molar-refractivity contribution in [1.82, 2.24) is 4.72 Å². The zero-order chi connectivity index (χ0) is 13.2. The number of carbonyl (C=O) groups is 1. The van der Waals surface area contributed by atoms with Crippen LogP contribution in [0.5, 0.6) is 0 Å². The van der Waals surface area contributed by atoms with E-state index >= 15 is 0 Å². The van der Waals surface area contributed by atoms with E-state index in [2.05, 4.69) is 0 Å². The second-order valence-electron chi connectivity index (χ2n) is 4.21. The molecule has 0 aliphatic heterocycles. The van der Waals surface area contributed by atoms with Crippen molar-refractivity contribution in [3.05, 3.63) is 35.9 Å². The van der Waals surface area contributed by atoms with E-state index in [0.29, 0.717) is 18.5 Å². The van der Waals surface area contributed by atoms with Gasteiger partial charge in [-0.2, -0.15) is 0 Å². The third kappa shape index (κ3) is 3.33. The number of carbonyl (C=O) groups excluding carboxylic acids is 1. The topological polar surface area (TPSA) is 89.3 Å². The van der Waals surface area contributed by atoms with E-state index in [1.807, 2.05) is 4.72 Å². The van der Waals surface area contributed by atoms with Crippen LogP contribution in [0.4, 0.5) is 5.69 Å². The Balaban J connectivity index is 1.99. The second-order valence-corrected chi connectivity index (χ2v) is 6.17. The Kier molecular flexibility index (Phi) is 3.38. The van der Waals surface area contributed by atoms with E-state index in [4.69, 9.17) is 5.73 Å². The molecular formula is C12H14N2O3S. The molecule has 1 fully saturated rings. The van der Waals surface area contributed by atoms with E-state index in [0.717, 1.165) is 5.56 Å². The lowest BCUT2D eigenvalue weighted by molar-refractivity contribution is -0.114. The highest BCUT2D eigenvalue weighted by Crippen LogP contribution is 2.27. The third-order valence-corrected chi connectivity index (χ3v) is 4.38. The molecule has 1 amide bonds. The van der Waals surface area contributed by atoms with Crippen LogP contribution < -0.4 is 10.5 Å². The summed E-state index contributed by atoms with van der Waals surface area (Å²) in [7, 11) is -3.47. The van der Waals surface area contributed by atoms with Crippen LogP contribution in [-0.4, -0.2) is 19.6 Å². The van der Waals surface area contributed by atoms with Gasteiger partial charge in [0, 0.05) is 11.8 Å². The molecule has 5 nitrogen and oxygen atoms in total. The largest absolute Gasteiger partial charge is 0.399 e. The van der Waals surface area contributed by atoms with Gasteiger partial charge in [0.25, 0.3) is 5.91 Å². The first-order chi connectivity index (χ1) is 8.47. The number of nitrogen functional groups attached to an aromatic ring is 1. The number of benzene rings is 1. The van der Waals surface area contributed by atoms with Gasteiger partial charge in [0.15, 0.2) is 0 Å². The maximum absolute atomic E-state index is 11.5. The Bertz CT molecular complexity index is 589. The predicted octanol–water partition coefficient (Wildman–Crippen LogP) is 0.890. The molecule has 0 saturated heterocycles. The quantitative estimate of drug-likeness (QED) is 0.625. The van der Waals surface area contributed by atoms with Gasteiger partial charge in [0.1, 0.15) is 0 Å². The van der Waals surface area contributed by atoms with Crippen molar-refractivity contribution in [3.8, 4) is 0 Å². The van der Waals surface area contributed by atoms with Crippen LogP contribution in [0, 0.1) is 0 Å². The lowest BCUT2D eigenvalue weighted by atomic mass is 10.2. The fourth-order valence-electron chi connectivity index (χ4n) is 1.47. The van der Waals surface area contributed by atoms with Crippen LogP contribution in [0.3, 0.4) is 0 Å². The second kappa shape index (κ2) is 4.81. The van der Waals surface area contributed by atoms with E-state index in [1.165, 1.54) is 12.2 Å². The SMILES string of the molecule is Nc1cccc(/C=C/C(=O)NS(=O)(=O)C2CC2)c1. The minimum atomic E-state index is -3.47. The van der Waals surface area contributed by atoms with Crippen molar-refractivity contribution in [1.29, 1.82) is 0 Å². The molecule has 0 radical (unpaired) electrons. The van der Waals surface area contributed by atoms with Gasteiger partial charge >= 0.3 is 0 Å². The molecule has 0 heterocycles. The summed E-state index contributed by atoms with van der Waals surface area (Å²) in [6.45, 7) is 0. The van der Waals surface area contributed by atoms with Crippen molar-refractivity contribution in [3.63, 3.8) is 0 Å². The molecule has 1 aromatic rings. The number of rotatable bonds is 4. The molecule has 0 atom stereocenters. The average molecular weight is 266 g/mol. The average Bonchev–Trinajstić information content (AvgIpc) is 3.10. The number of nitrogens with one attached hydrogen (secondary N) is 1. The van der Waals surface area contributed by atoms with Crippen molar-refractivity contribution in [2.75, 3.05) is 5.73 Å². The molecule has 2 rings (SSSR count). The number of nitrogens with two attached hydrogens (primary N) is 1. The zero-order valence-corrected chi connectivity index (χ0v) is 10.5. The van der Waals surface area contributed by atoms with Gasteiger partial charge in [-0.3, -0.25) is 4.79 Å². The minimum Gasteiger partial charge on any atom is -0.399 e. The Hall–Kier alpha value is -1.82. The maximum atomic E-state index is 11.5. The van der Waals surface area contributed by atoms with Gasteiger partial charge in [-0.05, 0) is 36.6 Å². The predicted molar refractivity (Wildman–Crippen MR) is 70.0 cm³/mol. The van der Waals surface area contributed by atoms with Crippen molar-refractivity contribution < 1.29 is 13.2 Å². The first-order valence-electron chi connectivity index (χ1n) is 5.56. The van der Waals surface area contributed by atoms with E-state index in [-0.39, 0.29) is 0 Å². The summed E-state index contributed by atoms with van der Waals surface area (Å²) in [6, 6.07) is 6.96. The molecule has 3 N–H and O–H groups in total. The van der Waals surface area contributed by atoms with Gasteiger partial charge in [0.05, 0.1) is 5.25 Å². The fourth-order valence-corrected chi connectivity index (χ4v) is 2.74. The van der Waals surface area contributed by atoms with Gasteiger partial charge in [0.2, 0.25) is 10.0 Å². The molecule has 1 aliphatic rings. The molecule has 96 valence electrons. The smallest absolute Gasteiger partial charge is 0.257 e. The number of amides is 1. The van der Waals surface area contributed by atoms with Gasteiger partial charge in [-0.15, -0.1) is 0 Å². The monoisotopic (exact) mass is 266 g/mol. The summed E-state index contributed by atoms with van der Waals surface area (Å²) in [5.41, 5.74) is 6.92. The molecule has 6 heteroatoms. The molecule has 0 unspecified atom stereocenters. The Morgan fingerprint density at radius 3 is 2.72 bits per heavy atom. The molecule has 1 saturated carbocycles. The lowest BCUT2D eigenvalue weighted by Gasteiger charge is -2.01. The summed E-state index contributed by atoms with van der Waals surface area (Å²) < 4.78 is 25.0. The minimum absolute atomic E-state index is 0.401. The highest BCUT2D eigenvalue weighted by atomic mass is 32.2. The molecular weight excluding hydrogens is 252 g/mol. The standard InChI is InChI=1S/C12H14N2O3S/c13-10-3-1-2-9(8-10)4-7-12(15)14-18(16,17)11-5-6-11/h1-4,7-8,11H,5-6,13H2,(H,14,15)/b7-4+. The van der Waals surface area contributed by atoms with Crippen molar-refractivity contribution in [2.24, 2.45) is 0 Å². The van der Waals surface area contributed by atoms with Gasteiger partial charge in [-0.1, -0.05) is 12.1 Å². The molecule has 0 spiro atoms. The van der Waals surface area contributed by atoms with Gasteiger partial charge < -0.3 is 5.73 Å². The van der Waals surface area contributed by atoms with Crippen LogP contribution in [0.15, 0.2) is 30.3 Å². The van der Waals surface area contributed by atoms with Crippen LogP contribution in [-0.2, 0) is 14.8 Å². The molecule has 1 aliphatic carbocycles. The highest BCUT2D eigenvalue weighted by molar-refractivity contribution is 7.91. The first-order valence-corrected chi connectivity index (χ1v) is 7.11. The Morgan fingerprint density at radius 2 is 2.11 bits per heavy atom. The summed E-state index contributed by atoms with van der Waals surface area (Å²) in [5, 5.41) is -0.401. The summed E-state index contributed by atoms with van der Waals surface area (Å²) >= 11 is 0. The fraction of sp³-hybridized carbons (Fsp3) is 0.250. The lowest BCUT2D eigenvalue weighted by Crippen LogP contribution is -2.31. The third-order valence-electron chi connectivity index (χ3n) is 2.54. The van der Waals surface area contributed by atoms with Crippen molar-refractivity contribution in [2.45, 2.75) is 18.1 Å². The van der Waals surface area contributed by atoms with Crippen molar-refractivity contribution >= 4 is 27.7 Å². The molecule has 0 bridgehead atoms. The van der Waals surface area contributed by atoms with Crippen LogP contribution in [0.25, 0.3) is 6.08 Å². The molecule has 18 heavy (non-hydrogen) atoms. The number of hydrogen-bond donors (Lipinski definition) is 2. The number of sulfonamides is 1. The van der Waals surface area contributed by atoms with Crippen LogP contribution in [0.2, 0.25) is 0 Å². The summed E-state index contributed by atoms with van der Waals surface area (Å²) in [6.07, 6.45) is 3.96. The zero-order valence-electron chi connectivity index (χ0n) is 9.67. The molecule has 0 aromatic heterocycles. The van der Waals surface area contributed by atoms with Crippen LogP contribution in [0.1, 0.15) is 18.4 Å². The van der Waals surface area contributed by atoms with E-state index in [1.54, 1.807) is 24.3 Å². The normalized spacial score (nSPS) is 15.8. The Morgan fingerprint density at radius 1 is 1.39 bits per heavy atom. The van der Waals surface area contributed by atoms with E-state index in [9.17, 15) is 13.2 Å². The molecule has 1 aromatic carbocycles. The maximum Gasteiger partial charge on any atom is 0.257 e. The number of hydrogen-bond acceptors (Lipinski definition) is 4. The Labute approximate surface area is 106 Å². The van der Waals surface area contributed by atoms with Crippen LogP contribution >= 0.6 is 0 Å². The van der Waals surface area contributed by atoms with E-state index < -0.39 is 21.2 Å². The highest BCUT2D eigenvalue weighted by Gasteiger charge is 2.36. The summed E-state index contributed by atoms with van der Waals surface area (Å²) in [4.78, 5) is 11.4.